The second-order valence-corrected chi connectivity index (χ2v) is 14.4. The summed E-state index contributed by atoms with van der Waals surface area (Å²) in [5.74, 6) is 1.27. The number of carbonyl (C=O) groups excluding carboxylic acids is 3. The first-order chi connectivity index (χ1) is 22.9. The van der Waals surface area contributed by atoms with Gasteiger partial charge < -0.3 is 24.9 Å². The van der Waals surface area contributed by atoms with Crippen molar-refractivity contribution in [2.75, 3.05) is 51.6 Å². The lowest BCUT2D eigenvalue weighted by molar-refractivity contribution is -0.143. The Morgan fingerprint density at radius 1 is 0.766 bits per heavy atom. The van der Waals surface area contributed by atoms with Gasteiger partial charge in [0.2, 0.25) is 11.8 Å². The van der Waals surface area contributed by atoms with Crippen LogP contribution in [0, 0.1) is 17.8 Å². The van der Waals surface area contributed by atoms with Crippen LogP contribution in [0.25, 0.3) is 10.8 Å². The summed E-state index contributed by atoms with van der Waals surface area (Å²) >= 11 is 0. The van der Waals surface area contributed by atoms with E-state index in [1.54, 1.807) is 0 Å². The Kier molecular flexibility index (Phi) is 9.48. The molecule has 3 fully saturated rings. The number of urea groups is 1. The number of likely N-dealkylation sites (tertiary alicyclic amines) is 3. The Bertz CT molecular complexity index is 1580. The van der Waals surface area contributed by atoms with E-state index in [0.29, 0.717) is 32.0 Å². The molecule has 0 radical (unpaired) electrons. The van der Waals surface area contributed by atoms with Gasteiger partial charge in [-0.1, -0.05) is 60.7 Å². The van der Waals surface area contributed by atoms with Gasteiger partial charge in [0.25, 0.3) is 0 Å². The van der Waals surface area contributed by atoms with Crippen LogP contribution in [0.3, 0.4) is 0 Å². The van der Waals surface area contributed by atoms with E-state index in [1.165, 1.54) is 31.3 Å². The summed E-state index contributed by atoms with van der Waals surface area (Å²) in [5.41, 5.74) is 3.11. The van der Waals surface area contributed by atoms with Gasteiger partial charge >= 0.3 is 6.03 Å². The highest BCUT2D eigenvalue weighted by atomic mass is 16.2. The fraction of sp³-hybridized carbons (Fsp3) is 0.513. The van der Waals surface area contributed by atoms with Gasteiger partial charge in [-0.15, -0.1) is 0 Å². The number of nitrogens with zero attached hydrogens (tertiary/aromatic N) is 4. The van der Waals surface area contributed by atoms with Crippen molar-refractivity contribution >= 4 is 34.3 Å². The van der Waals surface area contributed by atoms with E-state index in [1.807, 2.05) is 40.1 Å². The Morgan fingerprint density at radius 2 is 1.40 bits per heavy atom. The first kappa shape index (κ1) is 31.7. The second-order valence-electron chi connectivity index (χ2n) is 14.4. The van der Waals surface area contributed by atoms with Crippen molar-refractivity contribution < 1.29 is 14.4 Å². The normalized spacial score (nSPS) is 21.0. The number of rotatable bonds is 7. The minimum Gasteiger partial charge on any atom is -0.343 e. The van der Waals surface area contributed by atoms with Gasteiger partial charge in [0.1, 0.15) is 0 Å². The average molecular weight is 636 g/mol. The molecule has 0 spiro atoms. The number of carbonyl (C=O) groups is 3. The highest BCUT2D eigenvalue weighted by Gasteiger charge is 2.36. The maximum absolute atomic E-state index is 14.2. The van der Waals surface area contributed by atoms with Crippen LogP contribution in [-0.2, 0) is 22.6 Å². The SMILES string of the molecule is CN1CCC(C2CCN(C(=O)C(CC(=O)N3CCC(N4Cc5ccccc5NC4=O)CC3)Cc3ccc4ccccc4c3)CC2)CC1. The molecule has 0 aromatic heterocycles. The van der Waals surface area contributed by atoms with E-state index in [4.69, 9.17) is 0 Å². The molecule has 1 unspecified atom stereocenters. The zero-order chi connectivity index (χ0) is 32.3. The summed E-state index contributed by atoms with van der Waals surface area (Å²) in [6, 6.07) is 22.7. The summed E-state index contributed by atoms with van der Waals surface area (Å²) in [7, 11) is 2.21. The molecule has 248 valence electrons. The van der Waals surface area contributed by atoms with E-state index in [2.05, 4.69) is 58.6 Å². The molecule has 4 amide bonds. The van der Waals surface area contributed by atoms with Crippen LogP contribution in [0.2, 0.25) is 0 Å². The number of amides is 4. The number of fused-ring (bicyclic) bond motifs is 2. The van der Waals surface area contributed by atoms with E-state index in [0.717, 1.165) is 66.9 Å². The number of piperidine rings is 3. The number of anilines is 1. The van der Waals surface area contributed by atoms with Crippen LogP contribution >= 0.6 is 0 Å². The molecule has 0 aliphatic carbocycles. The van der Waals surface area contributed by atoms with Crippen molar-refractivity contribution in [1.82, 2.24) is 19.6 Å². The molecule has 7 rings (SSSR count). The van der Waals surface area contributed by atoms with Crippen LogP contribution < -0.4 is 5.32 Å². The van der Waals surface area contributed by atoms with Crippen molar-refractivity contribution in [3.8, 4) is 0 Å². The molecule has 4 aliphatic rings. The van der Waals surface area contributed by atoms with Gasteiger partial charge in [-0.05, 0) is 105 Å². The number of hydrogen-bond acceptors (Lipinski definition) is 4. The highest BCUT2D eigenvalue weighted by Crippen LogP contribution is 2.34. The predicted molar refractivity (Wildman–Crippen MR) is 186 cm³/mol. The lowest BCUT2D eigenvalue weighted by Gasteiger charge is -2.41. The van der Waals surface area contributed by atoms with Crippen molar-refractivity contribution in [2.24, 2.45) is 17.8 Å². The fourth-order valence-corrected chi connectivity index (χ4v) is 8.53. The Labute approximate surface area is 279 Å². The third-order valence-electron chi connectivity index (χ3n) is 11.5. The minimum absolute atomic E-state index is 0.0530. The van der Waals surface area contributed by atoms with Crippen LogP contribution in [0.15, 0.2) is 66.7 Å². The number of benzene rings is 3. The Hall–Kier alpha value is -3.91. The van der Waals surface area contributed by atoms with Crippen molar-refractivity contribution in [1.29, 1.82) is 0 Å². The van der Waals surface area contributed by atoms with E-state index in [-0.39, 0.29) is 36.2 Å². The molecule has 8 nitrogen and oxygen atoms in total. The molecule has 3 aromatic carbocycles. The fourth-order valence-electron chi connectivity index (χ4n) is 8.53. The van der Waals surface area contributed by atoms with Crippen molar-refractivity contribution in [3.63, 3.8) is 0 Å². The van der Waals surface area contributed by atoms with E-state index in [9.17, 15) is 14.4 Å². The minimum atomic E-state index is -0.384. The molecule has 47 heavy (non-hydrogen) atoms. The summed E-state index contributed by atoms with van der Waals surface area (Å²) in [5, 5.41) is 5.37. The van der Waals surface area contributed by atoms with Gasteiger partial charge in [0.15, 0.2) is 0 Å². The smallest absolute Gasteiger partial charge is 0.322 e. The molecule has 4 heterocycles. The van der Waals surface area contributed by atoms with Gasteiger partial charge in [0, 0.05) is 50.9 Å². The van der Waals surface area contributed by atoms with E-state index < -0.39 is 0 Å². The first-order valence-electron chi connectivity index (χ1n) is 17.8. The zero-order valence-electron chi connectivity index (χ0n) is 27.8. The number of nitrogens with one attached hydrogen (secondary N) is 1. The molecule has 0 saturated carbocycles. The van der Waals surface area contributed by atoms with Crippen LogP contribution in [0.5, 0.6) is 0 Å². The van der Waals surface area contributed by atoms with Gasteiger partial charge in [-0.25, -0.2) is 4.79 Å². The topological polar surface area (TPSA) is 76.2 Å². The maximum Gasteiger partial charge on any atom is 0.322 e. The number of hydrogen-bond donors (Lipinski definition) is 1. The summed E-state index contributed by atoms with van der Waals surface area (Å²) < 4.78 is 0. The molecule has 8 heteroatoms. The maximum atomic E-state index is 14.2. The molecular formula is C39H49N5O3. The van der Waals surface area contributed by atoms with Crippen LogP contribution in [-0.4, -0.2) is 89.8 Å². The third-order valence-corrected chi connectivity index (χ3v) is 11.5. The summed E-state index contributed by atoms with van der Waals surface area (Å²) in [6.07, 6.45) is 6.94. The molecular weight excluding hydrogens is 586 g/mol. The molecule has 1 atom stereocenters. The monoisotopic (exact) mass is 635 g/mol. The lowest BCUT2D eigenvalue weighted by atomic mass is 9.78. The van der Waals surface area contributed by atoms with Crippen molar-refractivity contribution in [2.45, 2.75) is 64.0 Å². The Balaban J connectivity index is 0.998. The van der Waals surface area contributed by atoms with Crippen LogP contribution in [0.4, 0.5) is 10.5 Å². The standard InChI is InChI=1S/C39H49N5O3/c1-41-18-12-30(13-19-41)31-14-20-43(21-15-31)38(46)34(25-28-10-11-29-6-2-3-7-32(29)24-28)26-37(45)42-22-16-35(17-23-42)44-27-33-8-4-5-9-36(33)40-39(44)47/h2-11,24,30-31,34-35H,12-23,25-27H2,1H3,(H,40,47). The largest absolute Gasteiger partial charge is 0.343 e. The average Bonchev–Trinajstić information content (AvgIpc) is 3.11. The molecule has 3 saturated heterocycles. The third kappa shape index (κ3) is 7.18. The second kappa shape index (κ2) is 14.1. The summed E-state index contributed by atoms with van der Waals surface area (Å²) in [6.45, 7) is 5.75. The zero-order valence-corrected chi connectivity index (χ0v) is 27.8. The number of para-hydroxylation sites is 1. The van der Waals surface area contributed by atoms with E-state index >= 15 is 0 Å². The quantitative estimate of drug-likeness (QED) is 0.345. The predicted octanol–water partition coefficient (Wildman–Crippen LogP) is 6.01. The Morgan fingerprint density at radius 3 is 2.15 bits per heavy atom. The molecule has 4 aliphatic heterocycles. The van der Waals surface area contributed by atoms with Gasteiger partial charge in [-0.3, -0.25) is 9.59 Å². The molecule has 1 N–H and O–H groups in total. The lowest BCUT2D eigenvalue weighted by Crippen LogP contribution is -2.51. The van der Waals surface area contributed by atoms with Crippen molar-refractivity contribution in [3.05, 3.63) is 77.9 Å². The highest BCUT2D eigenvalue weighted by molar-refractivity contribution is 5.92. The first-order valence-corrected chi connectivity index (χ1v) is 17.8. The van der Waals surface area contributed by atoms with Gasteiger partial charge in [-0.2, -0.15) is 0 Å². The van der Waals surface area contributed by atoms with Gasteiger partial charge in [0.05, 0.1) is 5.92 Å². The summed E-state index contributed by atoms with van der Waals surface area (Å²) in [4.78, 5) is 49.3. The van der Waals surface area contributed by atoms with Crippen LogP contribution in [0.1, 0.15) is 56.1 Å². The molecule has 3 aromatic rings. The molecule has 0 bridgehead atoms.